The van der Waals surface area contributed by atoms with Gasteiger partial charge in [-0.2, -0.15) is 0 Å². The zero-order chi connectivity index (χ0) is 12.6. The van der Waals surface area contributed by atoms with E-state index < -0.39 is 18.3 Å². The number of rotatable bonds is 2. The van der Waals surface area contributed by atoms with Gasteiger partial charge >= 0.3 is 0 Å². The van der Waals surface area contributed by atoms with Gasteiger partial charge in [-0.25, -0.2) is 0 Å². The molecule has 0 bridgehead atoms. The molecule has 0 aromatic carbocycles. The number of aliphatic hydroxyl groups is 2. The number of aliphatic hydroxyl groups excluding tert-OH is 2. The molecule has 5 nitrogen and oxygen atoms in total. The van der Waals surface area contributed by atoms with Gasteiger partial charge in [0, 0.05) is 13.2 Å². The fourth-order valence-electron chi connectivity index (χ4n) is 1.17. The van der Waals surface area contributed by atoms with Gasteiger partial charge in [0.2, 0.25) is 0 Å². The Kier molecular flexibility index (Phi) is 8.87. The first-order valence-electron chi connectivity index (χ1n) is 5.09. The van der Waals surface area contributed by atoms with Gasteiger partial charge < -0.3 is 26.0 Å². The SMILES string of the molecule is CCNC(N)=S.OC1CCOC(CCl)[C@H]1O. The molecule has 1 heterocycles. The number of hydrogen-bond donors (Lipinski definition) is 4. The molecule has 96 valence electrons. The van der Waals surface area contributed by atoms with Crippen molar-refractivity contribution in [2.24, 2.45) is 5.73 Å². The third-order valence-corrected chi connectivity index (χ3v) is 2.47. The Hall–Kier alpha value is -0.140. The monoisotopic (exact) mass is 270 g/mol. The number of hydrogen-bond acceptors (Lipinski definition) is 4. The predicted octanol–water partition coefficient (Wildman–Crippen LogP) is -0.425. The molecule has 1 aliphatic heterocycles. The van der Waals surface area contributed by atoms with Crippen LogP contribution in [0.2, 0.25) is 0 Å². The molecule has 1 fully saturated rings. The summed E-state index contributed by atoms with van der Waals surface area (Å²) in [6.45, 7) is 3.24. The van der Waals surface area contributed by atoms with E-state index in [1.807, 2.05) is 6.92 Å². The molecule has 2 unspecified atom stereocenters. The first-order chi connectivity index (χ1) is 7.52. The van der Waals surface area contributed by atoms with Gasteiger partial charge in [-0.05, 0) is 25.6 Å². The molecular weight excluding hydrogens is 252 g/mol. The van der Waals surface area contributed by atoms with E-state index >= 15 is 0 Å². The lowest BCUT2D eigenvalue weighted by atomic mass is 10.0. The summed E-state index contributed by atoms with van der Waals surface area (Å²) in [5.74, 6) is 0.234. The van der Waals surface area contributed by atoms with Gasteiger partial charge in [0.1, 0.15) is 6.10 Å². The van der Waals surface area contributed by atoms with E-state index in [4.69, 9.17) is 27.2 Å². The summed E-state index contributed by atoms with van der Waals surface area (Å²) in [5, 5.41) is 21.4. The lowest BCUT2D eigenvalue weighted by molar-refractivity contribution is -0.125. The van der Waals surface area contributed by atoms with Gasteiger partial charge in [-0.3, -0.25) is 0 Å². The zero-order valence-electron chi connectivity index (χ0n) is 9.23. The van der Waals surface area contributed by atoms with Crippen molar-refractivity contribution < 1.29 is 14.9 Å². The summed E-state index contributed by atoms with van der Waals surface area (Å²) in [4.78, 5) is 0. The maximum atomic E-state index is 9.18. The van der Waals surface area contributed by atoms with E-state index in [0.717, 1.165) is 6.54 Å². The van der Waals surface area contributed by atoms with Crippen LogP contribution in [0.25, 0.3) is 0 Å². The minimum absolute atomic E-state index is 0.234. The minimum Gasteiger partial charge on any atom is -0.390 e. The van der Waals surface area contributed by atoms with Crippen LogP contribution in [-0.4, -0.2) is 52.7 Å². The molecule has 7 heteroatoms. The highest BCUT2D eigenvalue weighted by Crippen LogP contribution is 2.15. The Labute approximate surface area is 106 Å². The zero-order valence-corrected chi connectivity index (χ0v) is 10.8. The van der Waals surface area contributed by atoms with E-state index in [2.05, 4.69) is 17.5 Å². The van der Waals surface area contributed by atoms with Crippen LogP contribution < -0.4 is 11.1 Å². The second kappa shape index (κ2) is 8.95. The third kappa shape index (κ3) is 6.44. The Bertz CT molecular complexity index is 209. The lowest BCUT2D eigenvalue weighted by Crippen LogP contribution is -2.45. The van der Waals surface area contributed by atoms with Gasteiger partial charge in [0.05, 0.1) is 18.1 Å². The third-order valence-electron chi connectivity index (χ3n) is 2.02. The maximum Gasteiger partial charge on any atom is 0.163 e. The Morgan fingerprint density at radius 1 is 1.62 bits per heavy atom. The van der Waals surface area contributed by atoms with Gasteiger partial charge in [0.25, 0.3) is 0 Å². The molecule has 0 aromatic heterocycles. The molecule has 1 rings (SSSR count). The van der Waals surface area contributed by atoms with Crippen LogP contribution in [0.5, 0.6) is 0 Å². The van der Waals surface area contributed by atoms with Crippen LogP contribution in [0, 0.1) is 0 Å². The van der Waals surface area contributed by atoms with Crippen molar-refractivity contribution in [3.05, 3.63) is 0 Å². The highest BCUT2D eigenvalue weighted by atomic mass is 35.5. The smallest absolute Gasteiger partial charge is 0.163 e. The molecule has 0 saturated carbocycles. The summed E-state index contributed by atoms with van der Waals surface area (Å²) in [6, 6.07) is 0. The van der Waals surface area contributed by atoms with E-state index in [9.17, 15) is 5.11 Å². The average molecular weight is 271 g/mol. The number of nitrogens with two attached hydrogens (primary N) is 1. The molecule has 0 spiro atoms. The summed E-state index contributed by atoms with van der Waals surface area (Å²) >= 11 is 9.91. The predicted molar refractivity (Wildman–Crippen MR) is 67.6 cm³/mol. The van der Waals surface area contributed by atoms with Gasteiger partial charge in [-0.15, -0.1) is 11.6 Å². The molecule has 5 N–H and O–H groups in total. The molecule has 0 amide bonds. The van der Waals surface area contributed by atoms with Crippen molar-refractivity contribution in [1.82, 2.24) is 5.32 Å². The average Bonchev–Trinajstić information content (AvgIpc) is 2.23. The molecule has 0 aromatic rings. The molecule has 0 aliphatic carbocycles. The van der Waals surface area contributed by atoms with Crippen LogP contribution in [0.3, 0.4) is 0 Å². The summed E-state index contributed by atoms with van der Waals surface area (Å²) in [6.07, 6.45) is -1.39. The van der Waals surface area contributed by atoms with E-state index in [1.54, 1.807) is 0 Å². The highest BCUT2D eigenvalue weighted by Gasteiger charge is 2.30. The number of thiocarbonyl (C=S) groups is 1. The number of ether oxygens (including phenoxy) is 1. The lowest BCUT2D eigenvalue weighted by Gasteiger charge is -2.30. The molecular formula is C9H19ClN2O3S. The van der Waals surface area contributed by atoms with Crippen molar-refractivity contribution in [2.45, 2.75) is 31.7 Å². The van der Waals surface area contributed by atoms with Crippen molar-refractivity contribution in [3.8, 4) is 0 Å². The first kappa shape index (κ1) is 15.9. The normalized spacial score (nSPS) is 28.9. The fourth-order valence-corrected chi connectivity index (χ4v) is 1.58. The first-order valence-corrected chi connectivity index (χ1v) is 6.04. The van der Waals surface area contributed by atoms with Gasteiger partial charge in [0.15, 0.2) is 5.11 Å². The van der Waals surface area contributed by atoms with Crippen molar-refractivity contribution in [3.63, 3.8) is 0 Å². The van der Waals surface area contributed by atoms with Crippen LogP contribution in [0.15, 0.2) is 0 Å². The van der Waals surface area contributed by atoms with Crippen LogP contribution in [0.4, 0.5) is 0 Å². The van der Waals surface area contributed by atoms with Crippen molar-refractivity contribution in [2.75, 3.05) is 19.0 Å². The van der Waals surface area contributed by atoms with E-state index in [1.165, 1.54) is 0 Å². The van der Waals surface area contributed by atoms with Gasteiger partial charge in [-0.1, -0.05) is 0 Å². The topological polar surface area (TPSA) is 87.7 Å². The number of alkyl halides is 1. The highest BCUT2D eigenvalue weighted by molar-refractivity contribution is 7.80. The Morgan fingerprint density at radius 2 is 2.25 bits per heavy atom. The van der Waals surface area contributed by atoms with Crippen LogP contribution in [-0.2, 0) is 4.74 Å². The minimum atomic E-state index is -0.814. The fraction of sp³-hybridized carbons (Fsp3) is 0.889. The molecule has 16 heavy (non-hydrogen) atoms. The quantitative estimate of drug-likeness (QED) is 0.403. The summed E-state index contributed by atoms with van der Waals surface area (Å²) in [7, 11) is 0. The number of nitrogens with one attached hydrogen (secondary N) is 1. The van der Waals surface area contributed by atoms with Crippen LogP contribution >= 0.6 is 23.8 Å². The molecule has 0 radical (unpaired) electrons. The Morgan fingerprint density at radius 3 is 2.56 bits per heavy atom. The Balaban J connectivity index is 0.000000325. The molecule has 1 saturated heterocycles. The maximum absolute atomic E-state index is 9.18. The second-order valence-corrected chi connectivity index (χ2v) is 4.05. The summed E-state index contributed by atoms with van der Waals surface area (Å²) < 4.78 is 5.07. The summed E-state index contributed by atoms with van der Waals surface area (Å²) in [5.41, 5.74) is 5.02. The molecule has 1 aliphatic rings. The largest absolute Gasteiger partial charge is 0.390 e. The van der Waals surface area contributed by atoms with Crippen molar-refractivity contribution >= 4 is 28.9 Å². The standard InChI is InChI=1S/C6H11ClO3.C3H8N2S/c7-3-5-6(9)4(8)1-2-10-5;1-2-5-3(4)6/h4-6,8-9H,1-3H2;2H2,1H3,(H3,4,5,6)/t4?,5?,6-;/m0./s1. The van der Waals surface area contributed by atoms with Crippen molar-refractivity contribution in [1.29, 1.82) is 0 Å². The van der Waals surface area contributed by atoms with Crippen LogP contribution in [0.1, 0.15) is 13.3 Å². The van der Waals surface area contributed by atoms with E-state index in [0.29, 0.717) is 18.1 Å². The second-order valence-electron chi connectivity index (χ2n) is 3.30. The van der Waals surface area contributed by atoms with E-state index in [-0.39, 0.29) is 5.88 Å². The molecule has 3 atom stereocenters. The number of halogens is 1.